The Hall–Kier alpha value is -0.900. The molecule has 1 atom stereocenters. The average Bonchev–Trinajstić information content (AvgIpc) is 2.11. The second-order valence-corrected chi connectivity index (χ2v) is 2.35. The zero-order valence-electron chi connectivity index (χ0n) is 7.62. The number of esters is 1. The standard InChI is InChI=1S/C8H14O4/c1-4-12-5-7(9)6(2)8(10)11-3/h6H,4-5H2,1-3H3. The number of rotatable bonds is 5. The molecule has 4 nitrogen and oxygen atoms in total. The van der Waals surface area contributed by atoms with Crippen molar-refractivity contribution in [1.29, 1.82) is 0 Å². The summed E-state index contributed by atoms with van der Waals surface area (Å²) in [4.78, 5) is 21.9. The third-order valence-corrected chi connectivity index (χ3v) is 1.49. The second-order valence-electron chi connectivity index (χ2n) is 2.35. The molecule has 0 aromatic heterocycles. The molecule has 0 spiro atoms. The molecule has 0 aliphatic carbocycles. The summed E-state index contributed by atoms with van der Waals surface area (Å²) in [6.07, 6.45) is 0. The quantitative estimate of drug-likeness (QED) is 0.447. The minimum absolute atomic E-state index is 0.0211. The summed E-state index contributed by atoms with van der Waals surface area (Å²) in [6, 6.07) is 0. The van der Waals surface area contributed by atoms with Crippen LogP contribution in [0, 0.1) is 5.92 Å². The Morgan fingerprint density at radius 3 is 2.42 bits per heavy atom. The fourth-order valence-corrected chi connectivity index (χ4v) is 0.636. The van der Waals surface area contributed by atoms with E-state index in [0.717, 1.165) is 0 Å². The maximum atomic E-state index is 11.1. The summed E-state index contributed by atoms with van der Waals surface area (Å²) < 4.78 is 9.25. The highest BCUT2D eigenvalue weighted by Gasteiger charge is 2.21. The van der Waals surface area contributed by atoms with Gasteiger partial charge in [0, 0.05) is 6.61 Å². The van der Waals surface area contributed by atoms with Gasteiger partial charge in [-0.25, -0.2) is 0 Å². The van der Waals surface area contributed by atoms with Gasteiger partial charge in [-0.2, -0.15) is 0 Å². The molecule has 0 aromatic carbocycles. The smallest absolute Gasteiger partial charge is 0.316 e. The van der Waals surface area contributed by atoms with Crippen molar-refractivity contribution < 1.29 is 19.1 Å². The van der Waals surface area contributed by atoms with E-state index in [9.17, 15) is 9.59 Å². The first-order valence-electron chi connectivity index (χ1n) is 3.81. The molecule has 0 N–H and O–H groups in total. The van der Waals surface area contributed by atoms with Crippen molar-refractivity contribution in [2.45, 2.75) is 13.8 Å². The van der Waals surface area contributed by atoms with Gasteiger partial charge in [-0.15, -0.1) is 0 Å². The van der Waals surface area contributed by atoms with E-state index in [4.69, 9.17) is 4.74 Å². The van der Waals surface area contributed by atoms with Gasteiger partial charge in [0.25, 0.3) is 0 Å². The number of hydrogen-bond donors (Lipinski definition) is 0. The van der Waals surface area contributed by atoms with Crippen LogP contribution in [0.1, 0.15) is 13.8 Å². The van der Waals surface area contributed by atoms with Crippen molar-refractivity contribution in [2.24, 2.45) is 5.92 Å². The molecule has 0 rings (SSSR count). The molecule has 0 aliphatic heterocycles. The largest absolute Gasteiger partial charge is 0.468 e. The number of Topliss-reactive ketones (excluding diaryl/α,β-unsaturated/α-hetero) is 1. The molecule has 12 heavy (non-hydrogen) atoms. The van der Waals surface area contributed by atoms with Crippen LogP contribution in [-0.2, 0) is 19.1 Å². The van der Waals surface area contributed by atoms with E-state index in [1.54, 1.807) is 6.92 Å². The fraction of sp³-hybridized carbons (Fsp3) is 0.750. The average molecular weight is 174 g/mol. The van der Waals surface area contributed by atoms with Crippen LogP contribution in [0.3, 0.4) is 0 Å². The van der Waals surface area contributed by atoms with Gasteiger partial charge >= 0.3 is 5.97 Å². The first kappa shape index (κ1) is 11.1. The Balaban J connectivity index is 3.84. The molecule has 70 valence electrons. The lowest BCUT2D eigenvalue weighted by atomic mass is 10.1. The maximum Gasteiger partial charge on any atom is 0.316 e. The minimum Gasteiger partial charge on any atom is -0.468 e. The van der Waals surface area contributed by atoms with E-state index in [2.05, 4.69) is 4.74 Å². The van der Waals surface area contributed by atoms with Gasteiger partial charge in [-0.1, -0.05) is 0 Å². The van der Waals surface area contributed by atoms with Gasteiger partial charge in [0.05, 0.1) is 7.11 Å². The Morgan fingerprint density at radius 2 is 2.00 bits per heavy atom. The van der Waals surface area contributed by atoms with Crippen LogP contribution in [0.25, 0.3) is 0 Å². The van der Waals surface area contributed by atoms with Crippen molar-refractivity contribution in [2.75, 3.05) is 20.3 Å². The van der Waals surface area contributed by atoms with Crippen molar-refractivity contribution in [1.82, 2.24) is 0 Å². The first-order valence-corrected chi connectivity index (χ1v) is 3.81. The topological polar surface area (TPSA) is 52.6 Å². The van der Waals surface area contributed by atoms with E-state index in [-0.39, 0.29) is 12.4 Å². The van der Waals surface area contributed by atoms with Crippen LogP contribution in [-0.4, -0.2) is 32.1 Å². The summed E-state index contributed by atoms with van der Waals surface area (Å²) in [5.74, 6) is -1.48. The normalized spacial score (nSPS) is 12.2. The number of ether oxygens (including phenoxy) is 2. The monoisotopic (exact) mass is 174 g/mol. The van der Waals surface area contributed by atoms with Gasteiger partial charge in [-0.3, -0.25) is 9.59 Å². The van der Waals surface area contributed by atoms with Crippen LogP contribution in [0.5, 0.6) is 0 Å². The maximum absolute atomic E-state index is 11.1. The van der Waals surface area contributed by atoms with Gasteiger partial charge in [0.1, 0.15) is 12.5 Å². The van der Waals surface area contributed by atoms with Crippen LogP contribution in [0.2, 0.25) is 0 Å². The van der Waals surface area contributed by atoms with Gasteiger partial charge < -0.3 is 9.47 Å². The van der Waals surface area contributed by atoms with Crippen molar-refractivity contribution in [3.05, 3.63) is 0 Å². The molecule has 4 heteroatoms. The van der Waals surface area contributed by atoms with E-state index in [1.807, 2.05) is 0 Å². The van der Waals surface area contributed by atoms with Crippen molar-refractivity contribution in [3.8, 4) is 0 Å². The molecule has 0 saturated heterocycles. The summed E-state index contributed by atoms with van der Waals surface area (Å²) in [6.45, 7) is 3.75. The Labute approximate surface area is 71.8 Å². The Morgan fingerprint density at radius 1 is 1.42 bits per heavy atom. The lowest BCUT2D eigenvalue weighted by Gasteiger charge is -2.07. The molecule has 0 saturated carbocycles. The SMILES string of the molecule is CCOCC(=O)C(C)C(=O)OC. The molecule has 0 bridgehead atoms. The predicted octanol–water partition coefficient (Wildman–Crippen LogP) is 0.401. The third kappa shape index (κ3) is 3.48. The van der Waals surface area contributed by atoms with Crippen LogP contribution in [0.15, 0.2) is 0 Å². The first-order chi connectivity index (χ1) is 5.63. The highest BCUT2D eigenvalue weighted by Crippen LogP contribution is 1.99. The van der Waals surface area contributed by atoms with Crippen molar-refractivity contribution in [3.63, 3.8) is 0 Å². The number of methoxy groups -OCH3 is 1. The Kier molecular flexibility index (Phi) is 5.28. The fourth-order valence-electron chi connectivity index (χ4n) is 0.636. The summed E-state index contributed by atoms with van der Waals surface area (Å²) in [7, 11) is 1.26. The molecular formula is C8H14O4. The number of hydrogen-bond acceptors (Lipinski definition) is 4. The van der Waals surface area contributed by atoms with E-state index >= 15 is 0 Å². The molecule has 0 aliphatic rings. The Bertz CT molecular complexity index is 164. The number of carbonyl (C=O) groups excluding carboxylic acids is 2. The molecule has 0 amide bonds. The molecular weight excluding hydrogens is 160 g/mol. The van der Waals surface area contributed by atoms with Gasteiger partial charge in [0.15, 0.2) is 5.78 Å². The molecule has 1 unspecified atom stereocenters. The zero-order valence-corrected chi connectivity index (χ0v) is 7.62. The number of carbonyl (C=O) groups is 2. The lowest BCUT2D eigenvalue weighted by Crippen LogP contribution is -2.25. The summed E-state index contributed by atoms with van der Waals surface area (Å²) >= 11 is 0. The van der Waals surface area contributed by atoms with Crippen LogP contribution in [0.4, 0.5) is 0 Å². The number of ketones is 1. The highest BCUT2D eigenvalue weighted by molar-refractivity contribution is 5.99. The van der Waals surface area contributed by atoms with E-state index in [1.165, 1.54) is 14.0 Å². The molecule has 0 radical (unpaired) electrons. The van der Waals surface area contributed by atoms with Crippen LogP contribution >= 0.6 is 0 Å². The molecule has 0 aromatic rings. The van der Waals surface area contributed by atoms with E-state index in [0.29, 0.717) is 6.61 Å². The van der Waals surface area contributed by atoms with Gasteiger partial charge in [0.2, 0.25) is 0 Å². The second kappa shape index (κ2) is 5.71. The molecule has 0 heterocycles. The van der Waals surface area contributed by atoms with Gasteiger partial charge in [-0.05, 0) is 13.8 Å². The predicted molar refractivity (Wildman–Crippen MR) is 42.7 cm³/mol. The summed E-state index contributed by atoms with van der Waals surface area (Å²) in [5, 5.41) is 0. The lowest BCUT2D eigenvalue weighted by molar-refractivity contribution is -0.149. The molecule has 0 fully saturated rings. The highest BCUT2D eigenvalue weighted by atomic mass is 16.5. The third-order valence-electron chi connectivity index (χ3n) is 1.49. The minimum atomic E-state index is -0.721. The van der Waals surface area contributed by atoms with Crippen molar-refractivity contribution >= 4 is 11.8 Å². The zero-order chi connectivity index (χ0) is 9.56. The van der Waals surface area contributed by atoms with Crippen LogP contribution < -0.4 is 0 Å². The summed E-state index contributed by atoms with van der Waals surface area (Å²) in [5.41, 5.74) is 0. The van der Waals surface area contributed by atoms with E-state index < -0.39 is 11.9 Å².